The number of amides is 1. The zero-order chi connectivity index (χ0) is 15.9. The zero-order valence-electron chi connectivity index (χ0n) is 12.3. The van der Waals surface area contributed by atoms with E-state index in [1.807, 2.05) is 35.8 Å². The van der Waals surface area contributed by atoms with E-state index in [1.54, 1.807) is 0 Å². The summed E-state index contributed by atoms with van der Waals surface area (Å²) in [5.41, 5.74) is 1.95. The molecule has 1 aromatic heterocycles. The van der Waals surface area contributed by atoms with Gasteiger partial charge in [0.15, 0.2) is 0 Å². The molecule has 22 heavy (non-hydrogen) atoms. The Morgan fingerprint density at radius 3 is 2.82 bits per heavy atom. The highest BCUT2D eigenvalue weighted by Crippen LogP contribution is 2.30. The molecule has 0 radical (unpaired) electrons. The maximum atomic E-state index is 12.6. The molecule has 1 fully saturated rings. The summed E-state index contributed by atoms with van der Waals surface area (Å²) in [6, 6.07) is 7.19. The van der Waals surface area contributed by atoms with E-state index in [4.69, 9.17) is 0 Å². The average molecular weight is 365 g/mol. The number of hydrogen-bond donors (Lipinski definition) is 1. The van der Waals surface area contributed by atoms with Crippen molar-refractivity contribution in [1.29, 1.82) is 0 Å². The van der Waals surface area contributed by atoms with Crippen LogP contribution in [0.4, 0.5) is 0 Å². The molecule has 1 aliphatic rings. The third-order valence-electron chi connectivity index (χ3n) is 4.31. The van der Waals surface area contributed by atoms with Crippen LogP contribution in [0.15, 0.2) is 28.7 Å². The van der Waals surface area contributed by atoms with Crippen LogP contribution >= 0.6 is 15.9 Å². The Hall–Kier alpha value is -1.82. The predicted octanol–water partition coefficient (Wildman–Crippen LogP) is 2.79. The molecule has 0 spiro atoms. The lowest BCUT2D eigenvalue weighted by Crippen LogP contribution is -2.42. The molecule has 5 nitrogen and oxygen atoms in total. The summed E-state index contributed by atoms with van der Waals surface area (Å²) >= 11 is 3.57. The second kappa shape index (κ2) is 5.76. The molecule has 3 rings (SSSR count). The second-order valence-corrected chi connectivity index (χ2v) is 6.38. The van der Waals surface area contributed by atoms with Crippen LogP contribution in [0.25, 0.3) is 10.9 Å². The Bertz CT molecular complexity index is 753. The van der Waals surface area contributed by atoms with Gasteiger partial charge in [-0.15, -0.1) is 0 Å². The number of carbonyl (C=O) groups excluding carboxylic acids is 1. The fourth-order valence-electron chi connectivity index (χ4n) is 3.14. The number of rotatable bonds is 3. The topological polar surface area (TPSA) is 62.5 Å². The van der Waals surface area contributed by atoms with E-state index in [0.29, 0.717) is 13.0 Å². The molecule has 1 saturated heterocycles. The van der Waals surface area contributed by atoms with Crippen molar-refractivity contribution in [1.82, 2.24) is 9.47 Å². The van der Waals surface area contributed by atoms with Crippen LogP contribution in [0, 0.1) is 6.92 Å². The van der Waals surface area contributed by atoms with Crippen LogP contribution < -0.4 is 0 Å². The van der Waals surface area contributed by atoms with Crippen LogP contribution in [0.1, 0.15) is 18.5 Å². The van der Waals surface area contributed by atoms with Crippen molar-refractivity contribution in [2.75, 3.05) is 6.54 Å². The average Bonchev–Trinajstić information content (AvgIpc) is 3.08. The lowest BCUT2D eigenvalue weighted by atomic mass is 10.2. The molecule has 0 aliphatic carbocycles. The summed E-state index contributed by atoms with van der Waals surface area (Å²) in [5, 5.41) is 10.3. The molecule has 0 bridgehead atoms. The van der Waals surface area contributed by atoms with Crippen molar-refractivity contribution >= 4 is 38.7 Å². The fraction of sp³-hybridized carbons (Fsp3) is 0.375. The lowest BCUT2D eigenvalue weighted by molar-refractivity contribution is -0.148. The van der Waals surface area contributed by atoms with Crippen LogP contribution in [0.2, 0.25) is 0 Å². The first-order chi connectivity index (χ1) is 10.5. The van der Waals surface area contributed by atoms with Gasteiger partial charge in [0, 0.05) is 27.6 Å². The van der Waals surface area contributed by atoms with E-state index < -0.39 is 12.0 Å². The van der Waals surface area contributed by atoms with Gasteiger partial charge in [-0.25, -0.2) is 4.79 Å². The largest absolute Gasteiger partial charge is 0.480 e. The summed E-state index contributed by atoms with van der Waals surface area (Å²) in [6.07, 6.45) is 1.29. The van der Waals surface area contributed by atoms with Crippen molar-refractivity contribution in [2.45, 2.75) is 32.4 Å². The quantitative estimate of drug-likeness (QED) is 0.910. The number of fused-ring (bicyclic) bond motifs is 1. The van der Waals surface area contributed by atoms with Crippen molar-refractivity contribution in [2.24, 2.45) is 0 Å². The minimum Gasteiger partial charge on any atom is -0.480 e. The number of hydrogen-bond acceptors (Lipinski definition) is 2. The normalized spacial score (nSPS) is 18.1. The molecule has 1 aromatic carbocycles. The zero-order valence-corrected chi connectivity index (χ0v) is 13.8. The van der Waals surface area contributed by atoms with Crippen LogP contribution in [-0.2, 0) is 16.1 Å². The number of carboxylic acids is 1. The van der Waals surface area contributed by atoms with Gasteiger partial charge in [-0.05, 0) is 41.8 Å². The van der Waals surface area contributed by atoms with E-state index in [1.165, 1.54) is 4.90 Å². The lowest BCUT2D eigenvalue weighted by Gasteiger charge is -2.22. The number of benzene rings is 1. The number of carboxylic acid groups (broad SMARTS) is 1. The molecule has 2 aromatic rings. The Kier molecular flexibility index (Phi) is 3.95. The molecule has 1 amide bonds. The number of likely N-dealkylation sites (tertiary alicyclic amines) is 1. The Morgan fingerprint density at radius 1 is 1.36 bits per heavy atom. The first kappa shape index (κ1) is 15.1. The Labute approximate surface area is 136 Å². The molecule has 0 unspecified atom stereocenters. The van der Waals surface area contributed by atoms with Gasteiger partial charge in [-0.1, -0.05) is 18.2 Å². The molecular formula is C16H17BrN2O3. The molecule has 1 atom stereocenters. The molecular weight excluding hydrogens is 348 g/mol. The van der Waals surface area contributed by atoms with Crippen molar-refractivity contribution in [3.8, 4) is 0 Å². The smallest absolute Gasteiger partial charge is 0.326 e. The van der Waals surface area contributed by atoms with Crippen molar-refractivity contribution in [3.63, 3.8) is 0 Å². The number of aromatic nitrogens is 1. The summed E-state index contributed by atoms with van der Waals surface area (Å²) < 4.78 is 2.92. The molecule has 1 aliphatic heterocycles. The maximum Gasteiger partial charge on any atom is 0.326 e. The van der Waals surface area contributed by atoms with Crippen molar-refractivity contribution < 1.29 is 14.7 Å². The highest BCUT2D eigenvalue weighted by atomic mass is 79.9. The van der Waals surface area contributed by atoms with Gasteiger partial charge in [0.25, 0.3) is 0 Å². The van der Waals surface area contributed by atoms with Gasteiger partial charge in [0.1, 0.15) is 12.6 Å². The predicted molar refractivity (Wildman–Crippen MR) is 86.7 cm³/mol. The summed E-state index contributed by atoms with van der Waals surface area (Å²) in [7, 11) is 0. The minimum atomic E-state index is -0.916. The van der Waals surface area contributed by atoms with Gasteiger partial charge in [-0.3, -0.25) is 4.79 Å². The minimum absolute atomic E-state index is 0.138. The molecule has 2 heterocycles. The SMILES string of the molecule is Cc1c(Br)c2ccccc2n1CC(=O)N1CCC[C@H]1C(=O)O. The molecule has 0 saturated carbocycles. The number of carbonyl (C=O) groups is 2. The van der Waals surface area contributed by atoms with Crippen LogP contribution in [0.5, 0.6) is 0 Å². The molecule has 6 heteroatoms. The van der Waals surface area contributed by atoms with Crippen LogP contribution in [0.3, 0.4) is 0 Å². The monoisotopic (exact) mass is 364 g/mol. The van der Waals surface area contributed by atoms with E-state index >= 15 is 0 Å². The number of halogens is 1. The summed E-state index contributed by atoms with van der Waals surface area (Å²) in [6.45, 7) is 2.65. The standard InChI is InChI=1S/C16H17BrN2O3/c1-10-15(17)11-5-2-3-6-12(11)19(10)9-14(20)18-8-4-7-13(18)16(21)22/h2-3,5-6,13H,4,7-9H2,1H3,(H,21,22)/t13-/m0/s1. The van der Waals surface area contributed by atoms with Gasteiger partial charge < -0.3 is 14.6 Å². The number of para-hydroxylation sites is 1. The number of aliphatic carboxylic acids is 1. The maximum absolute atomic E-state index is 12.6. The summed E-state index contributed by atoms with van der Waals surface area (Å²) in [4.78, 5) is 25.3. The summed E-state index contributed by atoms with van der Waals surface area (Å²) in [5.74, 6) is -1.05. The van der Waals surface area contributed by atoms with Gasteiger partial charge >= 0.3 is 5.97 Å². The van der Waals surface area contributed by atoms with Crippen molar-refractivity contribution in [3.05, 3.63) is 34.4 Å². The van der Waals surface area contributed by atoms with E-state index in [-0.39, 0.29) is 12.5 Å². The Morgan fingerprint density at radius 2 is 2.09 bits per heavy atom. The van der Waals surface area contributed by atoms with Gasteiger partial charge in [-0.2, -0.15) is 0 Å². The molecule has 116 valence electrons. The first-order valence-corrected chi connectivity index (χ1v) is 8.05. The third-order valence-corrected chi connectivity index (χ3v) is 5.31. The second-order valence-electron chi connectivity index (χ2n) is 5.59. The third kappa shape index (κ3) is 2.41. The Balaban J connectivity index is 1.92. The number of nitrogens with zero attached hydrogens (tertiary/aromatic N) is 2. The van der Waals surface area contributed by atoms with E-state index in [2.05, 4.69) is 15.9 Å². The van der Waals surface area contributed by atoms with Gasteiger partial charge in [0.2, 0.25) is 5.91 Å². The highest BCUT2D eigenvalue weighted by Gasteiger charge is 2.34. The molecule has 1 N–H and O–H groups in total. The first-order valence-electron chi connectivity index (χ1n) is 7.26. The van der Waals surface area contributed by atoms with E-state index in [0.717, 1.165) is 27.5 Å². The van der Waals surface area contributed by atoms with E-state index in [9.17, 15) is 14.7 Å². The van der Waals surface area contributed by atoms with Crippen LogP contribution in [-0.4, -0.2) is 39.0 Å². The van der Waals surface area contributed by atoms with Gasteiger partial charge in [0.05, 0.1) is 0 Å². The fourth-order valence-corrected chi connectivity index (χ4v) is 3.69. The highest BCUT2D eigenvalue weighted by molar-refractivity contribution is 9.10.